The minimum absolute atomic E-state index is 0.0659. The van der Waals surface area contributed by atoms with Gasteiger partial charge in [0.15, 0.2) is 0 Å². The van der Waals surface area contributed by atoms with Crippen LogP contribution in [-0.2, 0) is 9.53 Å². The molecule has 0 aromatic rings. The molecule has 1 saturated carbocycles. The molecular weight excluding hydrogens is 140 g/mol. The number of carbonyl (C=O) groups excluding carboxylic acids is 1. The minimum atomic E-state index is -1.07. The highest BCUT2D eigenvalue weighted by atomic mass is 16.5. The Bertz CT molecular complexity index is 182. The Hall–Kier alpha value is -0.530. The third kappa shape index (κ3) is 2.52. The van der Waals surface area contributed by atoms with Gasteiger partial charge in [0.25, 0.3) is 0 Å². The van der Waals surface area contributed by atoms with Crippen LogP contribution in [0.25, 0.3) is 0 Å². The first-order chi connectivity index (χ1) is 6.05. The third-order valence-corrected chi connectivity index (χ3v) is 1.96. The van der Waals surface area contributed by atoms with E-state index in [2.05, 4.69) is 0 Å². The molecule has 0 bridgehead atoms. The quantitative estimate of drug-likeness (QED) is 0.575. The van der Waals surface area contributed by atoms with E-state index in [0.717, 1.165) is 0 Å². The van der Waals surface area contributed by atoms with E-state index < -0.39 is 6.37 Å². The maximum absolute atomic E-state index is 11.3. The summed E-state index contributed by atoms with van der Waals surface area (Å²) in [6, 6.07) is 0. The third-order valence-electron chi connectivity index (χ3n) is 1.96. The van der Waals surface area contributed by atoms with Gasteiger partial charge in [-0.1, -0.05) is 19.2 Å². The number of hydrogen-bond acceptors (Lipinski definition) is 2. The molecule has 2 heteroatoms. The molecule has 0 N–H and O–H groups in total. The summed E-state index contributed by atoms with van der Waals surface area (Å²) in [7, 11) is 0. The van der Waals surface area contributed by atoms with E-state index in [1.807, 2.05) is 0 Å². The lowest BCUT2D eigenvalue weighted by Gasteiger charge is -2.19. The Morgan fingerprint density at radius 1 is 1.64 bits per heavy atom. The topological polar surface area (TPSA) is 26.3 Å². The molecule has 0 atom stereocenters. The fourth-order valence-corrected chi connectivity index (χ4v) is 1.32. The first-order valence-corrected chi connectivity index (χ1v) is 4.22. The second-order valence-electron chi connectivity index (χ2n) is 2.78. The van der Waals surface area contributed by atoms with Crippen molar-refractivity contribution < 1.29 is 12.3 Å². The highest BCUT2D eigenvalue weighted by Crippen LogP contribution is 2.24. The fraction of sp³-hybridized carbons (Fsp3) is 0.889. The summed E-state index contributed by atoms with van der Waals surface area (Å²) in [6.07, 6.45) is 1.16. The van der Waals surface area contributed by atoms with Gasteiger partial charge >= 0.3 is 5.97 Å². The summed E-state index contributed by atoms with van der Waals surface area (Å²) in [4.78, 5) is 11.3. The van der Waals surface area contributed by atoms with E-state index >= 15 is 0 Å². The van der Waals surface area contributed by atoms with Crippen molar-refractivity contribution in [3.8, 4) is 0 Å². The van der Waals surface area contributed by atoms with Gasteiger partial charge < -0.3 is 4.74 Å². The second-order valence-corrected chi connectivity index (χ2v) is 2.78. The van der Waals surface area contributed by atoms with Gasteiger partial charge in [-0.05, 0) is 19.8 Å². The Morgan fingerprint density at radius 2 is 2.27 bits per heavy atom. The SMILES string of the molecule is [2H]C1([2H])CCC(C(=O)OCC)CC1. The van der Waals surface area contributed by atoms with Crippen molar-refractivity contribution in [2.24, 2.45) is 5.92 Å². The van der Waals surface area contributed by atoms with Crippen LogP contribution in [0.1, 0.15) is 41.7 Å². The number of esters is 1. The van der Waals surface area contributed by atoms with E-state index in [1.54, 1.807) is 6.92 Å². The molecule has 0 heterocycles. The van der Waals surface area contributed by atoms with Crippen molar-refractivity contribution in [3.05, 3.63) is 0 Å². The number of ether oxygens (including phenoxy) is 1. The van der Waals surface area contributed by atoms with Gasteiger partial charge in [0, 0.05) is 2.74 Å². The molecule has 64 valence electrons. The Balaban J connectivity index is 2.36. The highest BCUT2D eigenvalue weighted by molar-refractivity contribution is 5.72. The highest BCUT2D eigenvalue weighted by Gasteiger charge is 2.21. The molecule has 0 unspecified atom stereocenters. The summed E-state index contributed by atoms with van der Waals surface area (Å²) in [6.45, 7) is 2.21. The molecule has 1 fully saturated rings. The van der Waals surface area contributed by atoms with Crippen LogP contribution in [-0.4, -0.2) is 12.6 Å². The van der Waals surface area contributed by atoms with E-state index in [-0.39, 0.29) is 11.9 Å². The molecular formula is C9H16O2. The van der Waals surface area contributed by atoms with Crippen molar-refractivity contribution in [2.75, 3.05) is 6.61 Å². The summed E-state index contributed by atoms with van der Waals surface area (Å²) >= 11 is 0. The zero-order valence-corrected chi connectivity index (χ0v) is 6.93. The van der Waals surface area contributed by atoms with Crippen LogP contribution in [0.2, 0.25) is 0 Å². The molecule has 11 heavy (non-hydrogen) atoms. The molecule has 0 aliphatic heterocycles. The van der Waals surface area contributed by atoms with Crippen LogP contribution in [0.5, 0.6) is 0 Å². The lowest BCUT2D eigenvalue weighted by molar-refractivity contribution is -0.149. The van der Waals surface area contributed by atoms with Crippen molar-refractivity contribution >= 4 is 5.97 Å². The van der Waals surface area contributed by atoms with Crippen molar-refractivity contribution in [3.63, 3.8) is 0 Å². The molecule has 0 radical (unpaired) electrons. The normalized spacial score (nSPS) is 27.0. The van der Waals surface area contributed by atoms with E-state index in [9.17, 15) is 4.79 Å². The predicted molar refractivity (Wildman–Crippen MR) is 43.2 cm³/mol. The standard InChI is InChI=1S/C9H16O2/c1-2-11-9(10)8-6-4-3-5-7-8/h8H,2-7H2,1H3/i3D2. The first kappa shape index (κ1) is 6.04. The van der Waals surface area contributed by atoms with Crippen LogP contribution in [0, 0.1) is 5.92 Å². The van der Waals surface area contributed by atoms with Crippen LogP contribution >= 0.6 is 0 Å². The summed E-state index contributed by atoms with van der Waals surface area (Å²) < 4.78 is 19.8. The lowest BCUT2D eigenvalue weighted by atomic mass is 9.89. The number of rotatable bonds is 2. The summed E-state index contributed by atoms with van der Waals surface area (Å²) in [5.41, 5.74) is 0. The first-order valence-electron chi connectivity index (χ1n) is 5.22. The molecule has 0 aromatic heterocycles. The Morgan fingerprint density at radius 3 is 2.82 bits per heavy atom. The Labute approximate surface area is 70.7 Å². The van der Waals surface area contributed by atoms with Gasteiger partial charge in [-0.3, -0.25) is 4.79 Å². The maximum atomic E-state index is 11.3. The van der Waals surface area contributed by atoms with E-state index in [0.29, 0.717) is 32.3 Å². The molecule has 0 amide bonds. The van der Waals surface area contributed by atoms with Gasteiger partial charge in [0.1, 0.15) is 0 Å². The van der Waals surface area contributed by atoms with Gasteiger partial charge in [-0.15, -0.1) is 0 Å². The van der Waals surface area contributed by atoms with Crippen molar-refractivity contribution in [2.45, 2.75) is 39.0 Å². The lowest BCUT2D eigenvalue weighted by Crippen LogP contribution is -2.20. The molecule has 1 rings (SSSR count). The molecule has 0 spiro atoms. The summed E-state index contributed by atoms with van der Waals surface area (Å²) in [5, 5.41) is 0. The number of carbonyl (C=O) groups is 1. The smallest absolute Gasteiger partial charge is 0.308 e. The second kappa shape index (κ2) is 4.37. The molecule has 2 nitrogen and oxygen atoms in total. The van der Waals surface area contributed by atoms with Crippen molar-refractivity contribution in [1.82, 2.24) is 0 Å². The van der Waals surface area contributed by atoms with E-state index in [4.69, 9.17) is 7.48 Å². The van der Waals surface area contributed by atoms with E-state index in [1.165, 1.54) is 0 Å². The minimum Gasteiger partial charge on any atom is -0.466 e. The van der Waals surface area contributed by atoms with Gasteiger partial charge in [-0.2, -0.15) is 0 Å². The average molecular weight is 158 g/mol. The fourth-order valence-electron chi connectivity index (χ4n) is 1.32. The maximum Gasteiger partial charge on any atom is 0.308 e. The van der Waals surface area contributed by atoms with Crippen LogP contribution in [0.15, 0.2) is 0 Å². The predicted octanol–water partition coefficient (Wildman–Crippen LogP) is 2.13. The molecule has 1 aliphatic rings. The van der Waals surface area contributed by atoms with Crippen LogP contribution in [0.4, 0.5) is 0 Å². The largest absolute Gasteiger partial charge is 0.466 e. The van der Waals surface area contributed by atoms with Crippen LogP contribution < -0.4 is 0 Å². The average Bonchev–Trinajstić information content (AvgIpc) is 2.04. The number of hydrogen-bond donors (Lipinski definition) is 0. The summed E-state index contributed by atoms with van der Waals surface area (Å²) in [5.74, 6) is -0.221. The molecule has 0 aromatic carbocycles. The van der Waals surface area contributed by atoms with Gasteiger partial charge in [0.2, 0.25) is 0 Å². The van der Waals surface area contributed by atoms with Gasteiger partial charge in [0.05, 0.1) is 12.5 Å². The monoisotopic (exact) mass is 158 g/mol. The molecule has 0 saturated heterocycles. The Kier molecular flexibility index (Phi) is 2.40. The zero-order valence-electron chi connectivity index (χ0n) is 8.93. The zero-order chi connectivity index (χ0) is 9.90. The molecule has 1 aliphatic carbocycles. The van der Waals surface area contributed by atoms with Gasteiger partial charge in [-0.25, -0.2) is 0 Å². The van der Waals surface area contributed by atoms with Crippen molar-refractivity contribution in [1.29, 1.82) is 0 Å². The van der Waals surface area contributed by atoms with Crippen LogP contribution in [0.3, 0.4) is 0 Å².